The van der Waals surface area contributed by atoms with Crippen LogP contribution in [0.4, 0.5) is 0 Å². The van der Waals surface area contributed by atoms with E-state index in [4.69, 9.17) is 0 Å². The molecule has 3 heteroatoms. The first-order valence-corrected chi connectivity index (χ1v) is 8.20. The molecule has 0 radical (unpaired) electrons. The number of amides is 1. The molecule has 1 N–H and O–H groups in total. The monoisotopic (exact) mass is 264 g/mol. The van der Waals surface area contributed by atoms with Gasteiger partial charge in [-0.2, -0.15) is 0 Å². The molecule has 1 aliphatic heterocycles. The van der Waals surface area contributed by atoms with Crippen LogP contribution < -0.4 is 5.32 Å². The van der Waals surface area contributed by atoms with Gasteiger partial charge in [-0.05, 0) is 43.4 Å². The Morgan fingerprint density at radius 2 is 2.11 bits per heavy atom. The van der Waals surface area contributed by atoms with Crippen LogP contribution >= 0.6 is 0 Å². The summed E-state index contributed by atoms with van der Waals surface area (Å²) < 4.78 is 0. The third-order valence-corrected chi connectivity index (χ3v) is 5.49. The van der Waals surface area contributed by atoms with Crippen molar-refractivity contribution in [1.29, 1.82) is 0 Å². The molecule has 0 spiro atoms. The van der Waals surface area contributed by atoms with E-state index in [0.29, 0.717) is 17.9 Å². The van der Waals surface area contributed by atoms with Gasteiger partial charge in [-0.1, -0.05) is 33.6 Å². The van der Waals surface area contributed by atoms with Crippen LogP contribution in [0.25, 0.3) is 0 Å². The molecule has 2 saturated carbocycles. The summed E-state index contributed by atoms with van der Waals surface area (Å²) in [4.78, 5) is 15.0. The Hall–Kier alpha value is -0.570. The van der Waals surface area contributed by atoms with Gasteiger partial charge in [0.25, 0.3) is 0 Å². The van der Waals surface area contributed by atoms with Gasteiger partial charge in [-0.25, -0.2) is 0 Å². The molecular weight excluding hydrogens is 236 g/mol. The summed E-state index contributed by atoms with van der Waals surface area (Å²) in [5.74, 6) is 2.58. The zero-order chi connectivity index (χ0) is 13.6. The Morgan fingerprint density at radius 3 is 2.63 bits per heavy atom. The molecule has 0 aromatic carbocycles. The molecule has 5 unspecified atom stereocenters. The number of carbonyl (C=O) groups excluding carboxylic acids is 1. The summed E-state index contributed by atoms with van der Waals surface area (Å²) >= 11 is 0. The lowest BCUT2D eigenvalue weighted by atomic mass is 9.93. The Bertz CT molecular complexity index is 355. The average molecular weight is 264 g/mol. The molecule has 2 aliphatic carbocycles. The fraction of sp³-hybridized carbons (Fsp3) is 0.938. The first kappa shape index (κ1) is 13.4. The maximum atomic E-state index is 12.7. The maximum absolute atomic E-state index is 12.7. The van der Waals surface area contributed by atoms with Crippen LogP contribution in [0.2, 0.25) is 0 Å². The van der Waals surface area contributed by atoms with Gasteiger partial charge in [0.15, 0.2) is 0 Å². The van der Waals surface area contributed by atoms with E-state index in [1.165, 1.54) is 25.7 Å². The molecule has 19 heavy (non-hydrogen) atoms. The summed E-state index contributed by atoms with van der Waals surface area (Å²) in [5, 5.41) is 3.60. The van der Waals surface area contributed by atoms with E-state index in [0.717, 1.165) is 24.7 Å². The van der Waals surface area contributed by atoms with Crippen LogP contribution in [0, 0.1) is 17.8 Å². The Morgan fingerprint density at radius 1 is 1.32 bits per heavy atom. The van der Waals surface area contributed by atoms with E-state index in [1.54, 1.807) is 0 Å². The van der Waals surface area contributed by atoms with Crippen LogP contribution in [-0.2, 0) is 4.79 Å². The lowest BCUT2D eigenvalue weighted by Gasteiger charge is -2.37. The molecule has 1 amide bonds. The predicted molar refractivity (Wildman–Crippen MR) is 76.5 cm³/mol. The Labute approximate surface area is 117 Å². The Balaban J connectivity index is 1.78. The third-order valence-electron chi connectivity index (χ3n) is 5.49. The topological polar surface area (TPSA) is 32.3 Å². The minimum absolute atomic E-state index is 0.0801. The van der Waals surface area contributed by atoms with Gasteiger partial charge in [0.05, 0.1) is 12.2 Å². The molecule has 3 rings (SSSR count). The van der Waals surface area contributed by atoms with Crippen molar-refractivity contribution in [3.05, 3.63) is 0 Å². The average Bonchev–Trinajstić information content (AvgIpc) is 3.04. The largest absolute Gasteiger partial charge is 0.322 e. The van der Waals surface area contributed by atoms with Crippen LogP contribution in [0.15, 0.2) is 0 Å². The second-order valence-corrected chi connectivity index (χ2v) is 7.18. The molecule has 5 atom stereocenters. The lowest BCUT2D eigenvalue weighted by molar-refractivity contribution is -0.134. The van der Waals surface area contributed by atoms with Gasteiger partial charge < -0.3 is 4.90 Å². The molecule has 0 aromatic heterocycles. The van der Waals surface area contributed by atoms with Gasteiger partial charge in [-0.15, -0.1) is 0 Å². The van der Waals surface area contributed by atoms with E-state index in [-0.39, 0.29) is 12.2 Å². The van der Waals surface area contributed by atoms with E-state index >= 15 is 0 Å². The number of rotatable bonds is 4. The highest BCUT2D eigenvalue weighted by Crippen LogP contribution is 2.48. The smallest absolute Gasteiger partial charge is 0.241 e. The van der Waals surface area contributed by atoms with Gasteiger partial charge >= 0.3 is 0 Å². The summed E-state index contributed by atoms with van der Waals surface area (Å²) in [6.07, 6.45) is 7.73. The molecule has 2 bridgehead atoms. The molecule has 1 heterocycles. The van der Waals surface area contributed by atoms with Crippen LogP contribution in [0.5, 0.6) is 0 Å². The fourth-order valence-electron chi connectivity index (χ4n) is 4.61. The second kappa shape index (κ2) is 5.08. The molecule has 1 saturated heterocycles. The van der Waals surface area contributed by atoms with Crippen LogP contribution in [0.3, 0.4) is 0 Å². The predicted octanol–water partition coefficient (Wildman–Crippen LogP) is 2.76. The molecule has 3 aliphatic rings. The van der Waals surface area contributed by atoms with Crippen molar-refractivity contribution in [3.8, 4) is 0 Å². The number of nitrogens with zero attached hydrogens (tertiary/aromatic N) is 1. The zero-order valence-corrected chi connectivity index (χ0v) is 12.6. The van der Waals surface area contributed by atoms with Gasteiger partial charge in [0.2, 0.25) is 5.91 Å². The van der Waals surface area contributed by atoms with E-state index in [1.807, 2.05) is 0 Å². The highest BCUT2D eigenvalue weighted by Gasteiger charge is 2.50. The minimum atomic E-state index is 0.0801. The standard InChI is InChI=1S/C16H28N2O/c1-4-5-13-16(19)18(15(17-13)10(2)3)14-9-11-6-7-12(14)8-11/h10-15,17H,4-9H2,1-3H3. The summed E-state index contributed by atoms with van der Waals surface area (Å²) in [5.41, 5.74) is 0. The van der Waals surface area contributed by atoms with Crippen molar-refractivity contribution in [2.75, 3.05) is 0 Å². The Kier molecular flexibility index (Phi) is 3.59. The van der Waals surface area contributed by atoms with Crippen molar-refractivity contribution >= 4 is 5.91 Å². The number of carbonyl (C=O) groups is 1. The molecule has 3 fully saturated rings. The first-order chi connectivity index (χ1) is 9.11. The van der Waals surface area contributed by atoms with Gasteiger partial charge in [-0.3, -0.25) is 10.1 Å². The molecule has 108 valence electrons. The van der Waals surface area contributed by atoms with Gasteiger partial charge in [0.1, 0.15) is 0 Å². The quantitative estimate of drug-likeness (QED) is 0.847. The zero-order valence-electron chi connectivity index (χ0n) is 12.6. The van der Waals surface area contributed by atoms with Gasteiger partial charge in [0, 0.05) is 6.04 Å². The van der Waals surface area contributed by atoms with E-state index < -0.39 is 0 Å². The molecule has 0 aromatic rings. The van der Waals surface area contributed by atoms with Crippen molar-refractivity contribution in [1.82, 2.24) is 10.2 Å². The van der Waals surface area contributed by atoms with Crippen LogP contribution in [-0.4, -0.2) is 29.1 Å². The highest BCUT2D eigenvalue weighted by molar-refractivity contribution is 5.84. The van der Waals surface area contributed by atoms with E-state index in [9.17, 15) is 4.79 Å². The molecular formula is C16H28N2O. The summed E-state index contributed by atoms with van der Waals surface area (Å²) in [6, 6.07) is 0.615. The molecule has 3 nitrogen and oxygen atoms in total. The van der Waals surface area contributed by atoms with Crippen molar-refractivity contribution in [3.63, 3.8) is 0 Å². The van der Waals surface area contributed by atoms with Crippen molar-refractivity contribution < 1.29 is 4.79 Å². The maximum Gasteiger partial charge on any atom is 0.241 e. The van der Waals surface area contributed by atoms with Crippen molar-refractivity contribution in [2.45, 2.75) is 77.5 Å². The number of hydrogen-bond acceptors (Lipinski definition) is 2. The summed E-state index contributed by atoms with van der Waals surface area (Å²) in [6.45, 7) is 6.64. The SMILES string of the molecule is CCCC1NC(C(C)C)N(C2CC3CCC2C3)C1=O. The number of nitrogens with one attached hydrogen (secondary N) is 1. The highest BCUT2D eigenvalue weighted by atomic mass is 16.2. The minimum Gasteiger partial charge on any atom is -0.322 e. The second-order valence-electron chi connectivity index (χ2n) is 7.18. The lowest BCUT2D eigenvalue weighted by Crippen LogP contribution is -2.49. The number of hydrogen-bond donors (Lipinski definition) is 1. The number of fused-ring (bicyclic) bond motifs is 2. The van der Waals surface area contributed by atoms with E-state index in [2.05, 4.69) is 31.0 Å². The van der Waals surface area contributed by atoms with Crippen molar-refractivity contribution in [2.24, 2.45) is 17.8 Å². The fourth-order valence-corrected chi connectivity index (χ4v) is 4.61. The normalized spacial score (nSPS) is 41.8. The summed E-state index contributed by atoms with van der Waals surface area (Å²) in [7, 11) is 0. The first-order valence-electron chi connectivity index (χ1n) is 8.20. The third kappa shape index (κ3) is 2.20. The van der Waals surface area contributed by atoms with Crippen LogP contribution in [0.1, 0.15) is 59.3 Å².